The Kier molecular flexibility index (Phi) is 6.19. The van der Waals surface area contributed by atoms with E-state index in [0.717, 1.165) is 18.5 Å². The maximum Gasteiger partial charge on any atom is 0.407 e. The molecule has 2 atom stereocenters. The van der Waals surface area contributed by atoms with Crippen molar-refractivity contribution in [3.8, 4) is 5.75 Å². The van der Waals surface area contributed by atoms with Gasteiger partial charge in [-0.1, -0.05) is 0 Å². The fraction of sp³-hybridized carbons (Fsp3) is 0.588. The minimum Gasteiger partial charge on any atom is -0.475 e. The molecule has 1 unspecified atom stereocenters. The molecule has 25 heavy (non-hydrogen) atoms. The number of ether oxygens (including phenoxy) is 3. The fourth-order valence-corrected chi connectivity index (χ4v) is 2.24. The number of pyridine rings is 1. The van der Waals surface area contributed by atoms with Crippen LogP contribution >= 0.6 is 0 Å². The van der Waals surface area contributed by atoms with Gasteiger partial charge in [-0.3, -0.25) is 4.98 Å². The molecule has 0 spiro atoms. The second-order valence-electron chi connectivity index (χ2n) is 6.80. The number of carbonyl (C=O) groups excluding carboxylic acids is 2. The molecule has 2 N–H and O–H groups in total. The third-order valence-electron chi connectivity index (χ3n) is 3.52. The number of methoxy groups -OCH3 is 1. The van der Waals surface area contributed by atoms with Crippen molar-refractivity contribution in [1.29, 1.82) is 0 Å². The molecular formula is C17H25N3O5. The second-order valence-corrected chi connectivity index (χ2v) is 6.80. The molecule has 0 bridgehead atoms. The second kappa shape index (κ2) is 8.15. The lowest BCUT2D eigenvalue weighted by Crippen LogP contribution is -2.57. The molecule has 1 aliphatic heterocycles. The van der Waals surface area contributed by atoms with Gasteiger partial charge in [0.1, 0.15) is 11.4 Å². The maximum atomic E-state index is 12.5. The van der Waals surface area contributed by atoms with Crippen molar-refractivity contribution in [2.45, 2.75) is 51.5 Å². The number of hydrogen-bond acceptors (Lipinski definition) is 7. The van der Waals surface area contributed by atoms with Gasteiger partial charge < -0.3 is 24.8 Å². The van der Waals surface area contributed by atoms with Crippen LogP contribution in [0.1, 0.15) is 32.8 Å². The lowest BCUT2D eigenvalue weighted by atomic mass is 10.0. The van der Waals surface area contributed by atoms with Gasteiger partial charge in [0.25, 0.3) is 0 Å². The van der Waals surface area contributed by atoms with Gasteiger partial charge in [-0.2, -0.15) is 0 Å². The molecule has 138 valence electrons. The molecule has 0 aliphatic carbocycles. The molecule has 1 fully saturated rings. The first-order chi connectivity index (χ1) is 11.8. The molecular weight excluding hydrogens is 326 g/mol. The summed E-state index contributed by atoms with van der Waals surface area (Å²) in [5.74, 6) is 0.0245. The Morgan fingerprint density at radius 3 is 2.68 bits per heavy atom. The monoisotopic (exact) mass is 351 g/mol. The van der Waals surface area contributed by atoms with Crippen molar-refractivity contribution in [3.63, 3.8) is 0 Å². The lowest BCUT2D eigenvalue weighted by Gasteiger charge is -2.35. The standard InChI is InChI=1S/C17H25N3O5/c1-17(2,3)25-15(21)14(13-5-6-19-13)24-12-7-11(8-18-10-12)9-20-16(22)23-4/h7-8,10,13-14,19H,5-6,9H2,1-4H3,(H,20,22)/t13-,14?/m0/s1. The first-order valence-electron chi connectivity index (χ1n) is 8.17. The summed E-state index contributed by atoms with van der Waals surface area (Å²) in [6.07, 6.45) is 2.68. The molecule has 0 aromatic carbocycles. The average Bonchev–Trinajstić information content (AvgIpc) is 2.49. The average molecular weight is 351 g/mol. The van der Waals surface area contributed by atoms with E-state index >= 15 is 0 Å². The van der Waals surface area contributed by atoms with Gasteiger partial charge >= 0.3 is 12.1 Å². The molecule has 2 heterocycles. The van der Waals surface area contributed by atoms with E-state index in [4.69, 9.17) is 9.47 Å². The number of aromatic nitrogens is 1. The maximum absolute atomic E-state index is 12.5. The Bertz CT molecular complexity index is 611. The summed E-state index contributed by atoms with van der Waals surface area (Å²) in [6, 6.07) is 1.63. The summed E-state index contributed by atoms with van der Waals surface area (Å²) < 4.78 is 15.8. The van der Waals surface area contributed by atoms with E-state index in [1.807, 2.05) is 20.8 Å². The number of esters is 1. The Morgan fingerprint density at radius 1 is 1.40 bits per heavy atom. The van der Waals surface area contributed by atoms with Gasteiger partial charge in [-0.15, -0.1) is 0 Å². The van der Waals surface area contributed by atoms with Crippen molar-refractivity contribution in [3.05, 3.63) is 24.0 Å². The van der Waals surface area contributed by atoms with Crippen LogP contribution in [0.15, 0.2) is 18.5 Å². The van der Waals surface area contributed by atoms with Crippen LogP contribution < -0.4 is 15.4 Å². The number of nitrogens with zero attached hydrogens (tertiary/aromatic N) is 1. The Balaban J connectivity index is 2.05. The zero-order valence-electron chi connectivity index (χ0n) is 15.0. The topological polar surface area (TPSA) is 98.8 Å². The van der Waals surface area contributed by atoms with Gasteiger partial charge in [0.2, 0.25) is 6.10 Å². The number of nitrogens with one attached hydrogen (secondary N) is 2. The highest BCUT2D eigenvalue weighted by atomic mass is 16.6. The number of hydrogen-bond donors (Lipinski definition) is 2. The molecule has 0 saturated carbocycles. The van der Waals surface area contributed by atoms with Gasteiger partial charge in [0, 0.05) is 12.7 Å². The van der Waals surface area contributed by atoms with Crippen LogP contribution in [0.4, 0.5) is 4.79 Å². The summed E-state index contributed by atoms with van der Waals surface area (Å²) in [5.41, 5.74) is 0.139. The van der Waals surface area contributed by atoms with E-state index in [0.29, 0.717) is 5.75 Å². The van der Waals surface area contributed by atoms with Crippen LogP contribution in [0.3, 0.4) is 0 Å². The molecule has 2 rings (SSSR count). The molecule has 0 radical (unpaired) electrons. The van der Waals surface area contributed by atoms with Gasteiger partial charge in [-0.25, -0.2) is 9.59 Å². The predicted molar refractivity (Wildman–Crippen MR) is 90.2 cm³/mol. The number of amides is 1. The van der Waals surface area contributed by atoms with Gasteiger partial charge in [-0.05, 0) is 45.4 Å². The van der Waals surface area contributed by atoms with Crippen LogP contribution in [-0.2, 0) is 20.8 Å². The molecule has 1 aromatic rings. The number of alkyl carbamates (subject to hydrolysis) is 1. The zero-order chi connectivity index (χ0) is 18.4. The smallest absolute Gasteiger partial charge is 0.407 e. The van der Waals surface area contributed by atoms with Crippen LogP contribution in [0.5, 0.6) is 5.75 Å². The van der Waals surface area contributed by atoms with Crippen molar-refractivity contribution in [1.82, 2.24) is 15.6 Å². The summed E-state index contributed by atoms with van der Waals surface area (Å²) >= 11 is 0. The Morgan fingerprint density at radius 2 is 2.12 bits per heavy atom. The lowest BCUT2D eigenvalue weighted by molar-refractivity contribution is -0.165. The van der Waals surface area contributed by atoms with E-state index in [1.165, 1.54) is 13.3 Å². The summed E-state index contributed by atoms with van der Waals surface area (Å²) in [7, 11) is 1.30. The highest BCUT2D eigenvalue weighted by Crippen LogP contribution is 2.20. The first kappa shape index (κ1) is 19.0. The minimum atomic E-state index is -0.751. The van der Waals surface area contributed by atoms with Crippen molar-refractivity contribution >= 4 is 12.1 Å². The Labute approximate surface area is 147 Å². The van der Waals surface area contributed by atoms with Crippen LogP contribution in [0, 0.1) is 0 Å². The largest absolute Gasteiger partial charge is 0.475 e. The van der Waals surface area contributed by atoms with Crippen molar-refractivity contribution < 1.29 is 23.8 Å². The normalized spacial score (nSPS) is 17.8. The van der Waals surface area contributed by atoms with E-state index in [1.54, 1.807) is 12.3 Å². The van der Waals surface area contributed by atoms with Crippen molar-refractivity contribution in [2.24, 2.45) is 0 Å². The third-order valence-corrected chi connectivity index (χ3v) is 3.52. The molecule has 1 aliphatic rings. The number of carbonyl (C=O) groups is 2. The molecule has 8 nitrogen and oxygen atoms in total. The van der Waals surface area contributed by atoms with E-state index in [-0.39, 0.29) is 12.6 Å². The Hall–Kier alpha value is -2.35. The number of rotatable bonds is 6. The minimum absolute atomic E-state index is 0.0910. The van der Waals surface area contributed by atoms with Crippen molar-refractivity contribution in [2.75, 3.05) is 13.7 Å². The summed E-state index contributed by atoms with van der Waals surface area (Å²) in [4.78, 5) is 27.7. The van der Waals surface area contributed by atoms with Gasteiger partial charge in [0.15, 0.2) is 0 Å². The molecule has 8 heteroatoms. The quantitative estimate of drug-likeness (QED) is 0.747. The van der Waals surface area contributed by atoms with Crippen LogP contribution in [0.2, 0.25) is 0 Å². The predicted octanol–water partition coefficient (Wildman–Crippen LogP) is 1.39. The van der Waals surface area contributed by atoms with E-state index in [9.17, 15) is 9.59 Å². The first-order valence-corrected chi connectivity index (χ1v) is 8.17. The molecule has 1 aromatic heterocycles. The van der Waals surface area contributed by atoms with Gasteiger partial charge in [0.05, 0.1) is 19.3 Å². The highest BCUT2D eigenvalue weighted by molar-refractivity contribution is 5.76. The van der Waals surface area contributed by atoms with E-state index in [2.05, 4.69) is 20.4 Å². The van der Waals surface area contributed by atoms with Crippen LogP contribution in [-0.4, -0.2) is 48.4 Å². The molecule has 1 saturated heterocycles. The zero-order valence-corrected chi connectivity index (χ0v) is 15.0. The molecule has 1 amide bonds. The third kappa shape index (κ3) is 5.90. The highest BCUT2D eigenvalue weighted by Gasteiger charge is 2.37. The summed E-state index contributed by atoms with van der Waals surface area (Å²) in [6.45, 7) is 6.54. The SMILES string of the molecule is COC(=O)NCc1cncc(OC(C(=O)OC(C)(C)C)[C@@H]2CCN2)c1. The van der Waals surface area contributed by atoms with Crippen LogP contribution in [0.25, 0.3) is 0 Å². The fourth-order valence-electron chi connectivity index (χ4n) is 2.24. The van der Waals surface area contributed by atoms with E-state index < -0.39 is 23.8 Å². The summed E-state index contributed by atoms with van der Waals surface area (Å²) in [5, 5.41) is 5.74.